The molecule has 0 fully saturated rings. The lowest BCUT2D eigenvalue weighted by Gasteiger charge is -2.22. The van der Waals surface area contributed by atoms with E-state index in [1.54, 1.807) is 198 Å². The summed E-state index contributed by atoms with van der Waals surface area (Å²) < 4.78 is 66.9. The van der Waals surface area contributed by atoms with Crippen LogP contribution >= 0.6 is 11.8 Å². The smallest absolute Gasteiger partial charge is 0.408 e. The first-order valence-electron chi connectivity index (χ1n) is 41.1. The maximum atomic E-state index is 12.6. The predicted octanol–water partition coefficient (Wildman–Crippen LogP) is 12.7. The fraction of sp³-hybridized carbons (Fsp3) is 0.451. The van der Waals surface area contributed by atoms with Crippen LogP contribution in [0.2, 0.25) is 0 Å². The Labute approximate surface area is 772 Å². The van der Waals surface area contributed by atoms with Gasteiger partial charge in [0.05, 0.1) is 23.8 Å². The molecule has 0 spiro atoms. The molecule has 4 aromatic carbocycles. The number of pyridine rings is 2. The Bertz CT molecular complexity index is 4730. The third-order valence-electron chi connectivity index (χ3n) is 15.5. The van der Waals surface area contributed by atoms with E-state index in [9.17, 15) is 75.9 Å². The normalized spacial score (nSPS) is 12.6. The number of amides is 6. The molecule has 0 aliphatic carbocycles. The maximum absolute atomic E-state index is 12.6. The molecule has 0 unspecified atom stereocenters. The molecule has 0 aliphatic heterocycles. The number of nitrogens with zero attached hydrogens (tertiary/aromatic N) is 4. The van der Waals surface area contributed by atoms with Gasteiger partial charge in [-0.25, -0.2) is 74.9 Å². The van der Waals surface area contributed by atoms with E-state index in [0.29, 0.717) is 11.4 Å². The van der Waals surface area contributed by atoms with Crippen LogP contribution < -0.4 is 31.9 Å². The van der Waals surface area contributed by atoms with E-state index >= 15 is 0 Å². The van der Waals surface area contributed by atoms with Gasteiger partial charge in [0.1, 0.15) is 76.7 Å². The van der Waals surface area contributed by atoms with Crippen molar-refractivity contribution in [3.63, 3.8) is 0 Å². The van der Waals surface area contributed by atoms with Crippen molar-refractivity contribution in [2.45, 2.75) is 257 Å². The highest BCUT2D eigenvalue weighted by Gasteiger charge is 2.32. The predicted molar refractivity (Wildman–Crippen MR) is 485 cm³/mol. The molecule has 6 amide bonds. The molecule has 0 aliphatic rings. The zero-order valence-corrected chi connectivity index (χ0v) is 79.1. The molecule has 132 heavy (non-hydrogen) atoms. The number of esters is 1. The van der Waals surface area contributed by atoms with Crippen molar-refractivity contribution in [2.24, 2.45) is 0 Å². The molecule has 0 radical (unpaired) electrons. The molecule has 0 bridgehead atoms. The molecular weight excluding hydrogens is 1760 g/mol. The van der Waals surface area contributed by atoms with Gasteiger partial charge in [0.2, 0.25) is 0 Å². The van der Waals surface area contributed by atoms with Gasteiger partial charge in [0.25, 0.3) is 10.0 Å². The number of carbonyl (C=O) groups excluding carboxylic acids is 7. The molecule has 6 atom stereocenters. The van der Waals surface area contributed by atoms with Crippen LogP contribution in [0.1, 0.15) is 177 Å². The lowest BCUT2D eigenvalue weighted by molar-refractivity contribution is -0.148. The number of aromatic nitrogens is 4. The summed E-state index contributed by atoms with van der Waals surface area (Å²) in [7, 11) is -3.84. The van der Waals surface area contributed by atoms with Crippen molar-refractivity contribution in [3.8, 4) is 0 Å². The molecule has 12 N–H and O–H groups in total. The van der Waals surface area contributed by atoms with E-state index in [-0.39, 0.29) is 68.3 Å². The van der Waals surface area contributed by atoms with Gasteiger partial charge in [0.15, 0.2) is 6.04 Å². The molecule has 3 aromatic heterocycles. The van der Waals surface area contributed by atoms with E-state index in [2.05, 4.69) is 46.9 Å². The number of hydrogen-bond donors (Lipinski definition) is 12. The minimum atomic E-state index is -3.84. The van der Waals surface area contributed by atoms with Crippen molar-refractivity contribution in [1.82, 2.24) is 50.8 Å². The van der Waals surface area contributed by atoms with Crippen LogP contribution in [0.3, 0.4) is 0 Å². The molecule has 39 nitrogen and oxygen atoms in total. The third-order valence-corrected chi connectivity index (χ3v) is 18.2. The summed E-state index contributed by atoms with van der Waals surface area (Å²) in [6.07, 6.45) is 2.08. The topological polar surface area (TPSA) is 567 Å². The number of nitrogens with one attached hydrogen (secondary N) is 6. The Morgan fingerprint density at radius 1 is 0.394 bits per heavy atom. The Morgan fingerprint density at radius 3 is 1.14 bits per heavy atom. The minimum Gasteiger partial charge on any atom is -0.481 e. The molecule has 7 rings (SSSR count). The van der Waals surface area contributed by atoms with E-state index in [1.165, 1.54) is 30.1 Å². The number of aliphatic carboxylic acids is 6. The van der Waals surface area contributed by atoms with Crippen LogP contribution in [0.5, 0.6) is 0 Å². The fourth-order valence-corrected chi connectivity index (χ4v) is 12.0. The summed E-state index contributed by atoms with van der Waals surface area (Å²) in [5.41, 5.74) is 1.09. The monoisotopic (exact) mass is 1880 g/mol. The summed E-state index contributed by atoms with van der Waals surface area (Å²) in [6, 6.07) is 36.5. The Kier molecular flexibility index (Phi) is 48.2. The van der Waals surface area contributed by atoms with Crippen LogP contribution in [0, 0.1) is 6.92 Å². The fourth-order valence-electron chi connectivity index (χ4n) is 9.84. The zero-order chi connectivity index (χ0) is 100.0. The van der Waals surface area contributed by atoms with Gasteiger partial charge in [-0.15, -0.1) is 0 Å². The second kappa shape index (κ2) is 55.6. The van der Waals surface area contributed by atoms with Gasteiger partial charge in [0, 0.05) is 67.7 Å². The number of ether oxygens (including phenoxy) is 8. The lowest BCUT2D eigenvalue weighted by atomic mass is 10.1. The summed E-state index contributed by atoms with van der Waals surface area (Å²) in [5.74, 6) is -6.57. The number of carboxylic acid groups (broad SMARTS) is 6. The highest BCUT2D eigenvalue weighted by molar-refractivity contribution is 7.98. The molecule has 0 saturated carbocycles. The van der Waals surface area contributed by atoms with E-state index < -0.39 is 158 Å². The SMILES string of the molecule is CC(C)(C)OC(=O)N[C@@H](CCC(=O)O)C(=O)OCc1ccccc1.CC(C)(C)OC(=O)N[C@@H](CSCc1ccccc1)C(=O)O.CC(C)(C)OC(=O)N[C@@H](Cc1ccccn1)C(=O)O.CC(C)(C)OC(=O)N[C@@H](Cc1cccnc1)C(=O)O.CC(C)(C)OC(=O)N[C@H](COCc1ccccc1)C(=O)O.Cc1ccc(S(=O)(=O)n2cnc(C[C@H](NC(=O)OC(C)(C)C)C(=O)O)c2)cc1. The van der Waals surface area contributed by atoms with Gasteiger partial charge < -0.3 is 100 Å². The molecule has 41 heteroatoms. The first-order valence-corrected chi connectivity index (χ1v) is 43.7. The van der Waals surface area contributed by atoms with E-state index in [4.69, 9.17) is 63.4 Å². The van der Waals surface area contributed by atoms with Crippen molar-refractivity contribution in [1.29, 1.82) is 0 Å². The number of rotatable bonds is 33. The molecule has 724 valence electrons. The standard InChI is InChI=1S/C18H23N3O6S.C17H23NO6.C15H21NO5.C15H21NO4S.2C13H18N2O4/c1-12-5-7-14(8-6-12)28(25,26)21-10-13(19-11-21)9-15(16(22)23)20-17(24)27-18(2,3)4;1-17(2,3)24-16(22)18-13(9-10-14(19)20)15(21)23-11-12-7-5-4-6-8-12;1-15(2,3)21-14(19)16-12(13(17)18)10-20-9-11-7-5-4-6-8-11;1-15(2,3)20-14(19)16-12(13(17)18)10-21-9-11-7-5-4-6-8-11;1-13(2,3)19-12(18)15-10(11(16)17)7-9-5-4-6-14-8-9;1-13(2,3)19-12(18)15-10(11(16)17)8-9-6-4-5-7-14-9/h5-8,10-11,15H,9H2,1-4H3,(H,20,24)(H,22,23);4-8,13H,9-11H2,1-3H3,(H,18,22)(H,19,20);2*4-8,12H,9-10H2,1-3H3,(H,16,19)(H,17,18);4-6,8,10H,7H2,1-3H3,(H,15,18)(H,16,17);4-7,10H,8H2,1-3H3,(H,15,18)(H,16,17)/t15-;13-;2*12-;2*10-/m001000/s1. The number of aryl methyl sites for hydroxylation is 1. The third kappa shape index (κ3) is 54.1. The van der Waals surface area contributed by atoms with E-state index in [1.807, 2.05) is 85.8 Å². The quantitative estimate of drug-likeness (QED) is 0.0134. The summed E-state index contributed by atoms with van der Waals surface area (Å²) in [4.78, 5) is 161. The van der Waals surface area contributed by atoms with Crippen molar-refractivity contribution < 1.29 is 139 Å². The summed E-state index contributed by atoms with van der Waals surface area (Å²) >= 11 is 1.45. The summed E-state index contributed by atoms with van der Waals surface area (Å²) in [6.45, 7) is 32.6. The number of carboxylic acids is 6. The van der Waals surface area contributed by atoms with Gasteiger partial charge in [-0.1, -0.05) is 121 Å². The van der Waals surface area contributed by atoms with Gasteiger partial charge in [-0.3, -0.25) is 14.8 Å². The number of hydrogen-bond acceptors (Lipinski definition) is 27. The number of imidazole rings is 1. The van der Waals surface area contributed by atoms with Crippen molar-refractivity contribution in [3.05, 3.63) is 216 Å². The Balaban J connectivity index is 0.000000539. The second-order valence-electron chi connectivity index (χ2n) is 34.7. The van der Waals surface area contributed by atoms with Crippen molar-refractivity contribution >= 4 is 100 Å². The maximum Gasteiger partial charge on any atom is 0.408 e. The summed E-state index contributed by atoms with van der Waals surface area (Å²) in [5, 5.41) is 68.4. The average molecular weight is 1890 g/mol. The highest BCUT2D eigenvalue weighted by Crippen LogP contribution is 2.20. The van der Waals surface area contributed by atoms with Crippen LogP contribution in [-0.2, 0) is 120 Å². The average Bonchev–Trinajstić information content (AvgIpc) is 1.63. The highest BCUT2D eigenvalue weighted by atomic mass is 32.2. The first-order chi connectivity index (χ1) is 61.2. The number of thioether (sulfide) groups is 1. The van der Waals surface area contributed by atoms with Crippen LogP contribution in [0.15, 0.2) is 182 Å². The molecule has 3 heterocycles. The second-order valence-corrected chi connectivity index (χ2v) is 37.6. The first kappa shape index (κ1) is 115. The zero-order valence-electron chi connectivity index (χ0n) is 77.5. The van der Waals surface area contributed by atoms with E-state index in [0.717, 1.165) is 38.1 Å². The van der Waals surface area contributed by atoms with Crippen molar-refractivity contribution in [2.75, 3.05) is 12.4 Å². The van der Waals surface area contributed by atoms with Gasteiger partial charge >= 0.3 is 78.3 Å². The van der Waals surface area contributed by atoms with Crippen LogP contribution in [-0.4, -0.2) is 219 Å². The van der Waals surface area contributed by atoms with Crippen LogP contribution in [0.4, 0.5) is 28.8 Å². The Morgan fingerprint density at radius 2 is 0.758 bits per heavy atom. The Hall–Kier alpha value is -13.4. The van der Waals surface area contributed by atoms with Crippen LogP contribution in [0.25, 0.3) is 0 Å². The lowest BCUT2D eigenvalue weighted by Crippen LogP contribution is -2.46. The molecule has 0 saturated heterocycles. The van der Waals surface area contributed by atoms with Gasteiger partial charge in [-0.2, -0.15) is 11.8 Å². The molecule has 7 aromatic rings. The number of alkyl carbamates (subject to hydrolysis) is 6. The number of carbonyl (C=O) groups is 13. The van der Waals surface area contributed by atoms with Gasteiger partial charge in [-0.05, 0) is 191 Å². The largest absolute Gasteiger partial charge is 0.481 e. The minimum absolute atomic E-state index is 0.0409. The molecular formula is C91H124N10O29S2. The number of benzene rings is 4.